The fourth-order valence-corrected chi connectivity index (χ4v) is 1.96. The number of para-hydroxylation sites is 1. The molecule has 0 spiro atoms. The van der Waals surface area contributed by atoms with Crippen molar-refractivity contribution in [3.8, 4) is 0 Å². The van der Waals surface area contributed by atoms with Crippen LogP contribution in [0.3, 0.4) is 0 Å². The minimum absolute atomic E-state index is 0.114. The van der Waals surface area contributed by atoms with Gasteiger partial charge in [0.05, 0.1) is 0 Å². The number of aliphatic hydroxyl groups excluding tert-OH is 1. The van der Waals surface area contributed by atoms with Gasteiger partial charge in [-0.25, -0.2) is 0 Å². The maximum absolute atomic E-state index is 12.8. The van der Waals surface area contributed by atoms with Gasteiger partial charge in [0.2, 0.25) is 0 Å². The number of hydrogen-bond donors (Lipinski definition) is 2. The van der Waals surface area contributed by atoms with E-state index >= 15 is 0 Å². The molecule has 2 nitrogen and oxygen atoms in total. The highest BCUT2D eigenvalue weighted by Crippen LogP contribution is 2.35. The van der Waals surface area contributed by atoms with E-state index in [0.717, 1.165) is 0 Å². The van der Waals surface area contributed by atoms with Crippen LogP contribution >= 0.6 is 0 Å². The van der Waals surface area contributed by atoms with Crippen molar-refractivity contribution in [2.24, 2.45) is 0 Å². The van der Waals surface area contributed by atoms with Gasteiger partial charge < -0.3 is 10.1 Å². The van der Waals surface area contributed by atoms with Gasteiger partial charge in [-0.15, -0.1) is 0 Å². The lowest BCUT2D eigenvalue weighted by Gasteiger charge is -2.07. The number of halogens is 3. The zero-order valence-electron chi connectivity index (χ0n) is 9.01. The average molecular weight is 243 g/mol. The van der Waals surface area contributed by atoms with E-state index in [0.29, 0.717) is 17.3 Å². The molecular weight excluding hydrogens is 231 g/mol. The molecule has 2 aromatic rings. The molecule has 0 aliphatic heterocycles. The second-order valence-corrected chi connectivity index (χ2v) is 3.85. The number of aromatic nitrogens is 1. The van der Waals surface area contributed by atoms with Crippen molar-refractivity contribution >= 4 is 10.9 Å². The molecule has 2 N–H and O–H groups in total. The van der Waals surface area contributed by atoms with E-state index in [9.17, 15) is 13.2 Å². The fraction of sp³-hybridized carbons (Fsp3) is 0.333. The number of H-pyrrole nitrogens is 1. The first-order chi connectivity index (χ1) is 8.04. The van der Waals surface area contributed by atoms with Crippen molar-refractivity contribution in [2.45, 2.75) is 19.0 Å². The fourth-order valence-electron chi connectivity index (χ4n) is 1.96. The van der Waals surface area contributed by atoms with E-state index in [-0.39, 0.29) is 18.6 Å². The van der Waals surface area contributed by atoms with Gasteiger partial charge in [-0.05, 0) is 24.5 Å². The second-order valence-electron chi connectivity index (χ2n) is 3.85. The monoisotopic (exact) mass is 243 g/mol. The van der Waals surface area contributed by atoms with Crippen LogP contribution in [0.1, 0.15) is 17.7 Å². The summed E-state index contributed by atoms with van der Waals surface area (Å²) >= 11 is 0. The third kappa shape index (κ3) is 2.29. The van der Waals surface area contributed by atoms with Crippen molar-refractivity contribution in [1.29, 1.82) is 0 Å². The number of benzene rings is 1. The van der Waals surface area contributed by atoms with Crippen LogP contribution in [-0.4, -0.2) is 16.7 Å². The van der Waals surface area contributed by atoms with E-state index in [1.54, 1.807) is 24.3 Å². The summed E-state index contributed by atoms with van der Waals surface area (Å²) < 4.78 is 38.5. The van der Waals surface area contributed by atoms with E-state index in [1.165, 1.54) is 0 Å². The van der Waals surface area contributed by atoms with Crippen LogP contribution in [0.15, 0.2) is 24.3 Å². The molecule has 92 valence electrons. The molecule has 0 unspecified atom stereocenters. The van der Waals surface area contributed by atoms with Crippen LogP contribution in [0.2, 0.25) is 0 Å². The van der Waals surface area contributed by atoms with Crippen LogP contribution < -0.4 is 0 Å². The first kappa shape index (κ1) is 12.0. The molecule has 2 rings (SSSR count). The quantitative estimate of drug-likeness (QED) is 0.853. The first-order valence-electron chi connectivity index (χ1n) is 5.31. The van der Waals surface area contributed by atoms with Crippen molar-refractivity contribution in [2.75, 3.05) is 6.61 Å². The van der Waals surface area contributed by atoms with Crippen LogP contribution in [0.4, 0.5) is 13.2 Å². The third-order valence-corrected chi connectivity index (χ3v) is 2.68. The Hall–Kier alpha value is -1.49. The summed E-state index contributed by atoms with van der Waals surface area (Å²) in [6, 6.07) is 6.67. The lowest BCUT2D eigenvalue weighted by atomic mass is 10.1. The molecule has 1 aromatic carbocycles. The van der Waals surface area contributed by atoms with E-state index in [2.05, 4.69) is 4.98 Å². The molecule has 17 heavy (non-hydrogen) atoms. The van der Waals surface area contributed by atoms with Crippen LogP contribution in [0.5, 0.6) is 0 Å². The Kier molecular flexibility index (Phi) is 3.11. The first-order valence-corrected chi connectivity index (χ1v) is 5.31. The van der Waals surface area contributed by atoms with Crippen molar-refractivity contribution in [1.82, 2.24) is 4.98 Å². The highest BCUT2D eigenvalue weighted by molar-refractivity contribution is 5.84. The molecule has 0 saturated heterocycles. The summed E-state index contributed by atoms with van der Waals surface area (Å²) in [5, 5.41) is 9.32. The van der Waals surface area contributed by atoms with Crippen molar-refractivity contribution in [3.05, 3.63) is 35.5 Å². The van der Waals surface area contributed by atoms with Gasteiger partial charge in [0.15, 0.2) is 0 Å². The van der Waals surface area contributed by atoms with Crippen LogP contribution in [0, 0.1) is 0 Å². The number of nitrogens with one attached hydrogen (secondary N) is 1. The normalized spacial score (nSPS) is 12.2. The lowest BCUT2D eigenvalue weighted by molar-refractivity contribution is -0.141. The van der Waals surface area contributed by atoms with Gasteiger partial charge in [0, 0.05) is 17.5 Å². The minimum atomic E-state index is -4.39. The maximum Gasteiger partial charge on any atom is 0.431 e. The van der Waals surface area contributed by atoms with E-state index < -0.39 is 11.9 Å². The van der Waals surface area contributed by atoms with Gasteiger partial charge in [0.1, 0.15) is 5.69 Å². The lowest BCUT2D eigenvalue weighted by Crippen LogP contribution is -2.09. The predicted octanol–water partition coefficient (Wildman–Crippen LogP) is 3.11. The molecule has 0 saturated carbocycles. The molecule has 0 atom stereocenters. The minimum Gasteiger partial charge on any atom is -0.396 e. The molecule has 0 bridgehead atoms. The van der Waals surface area contributed by atoms with Gasteiger partial charge >= 0.3 is 6.18 Å². The summed E-state index contributed by atoms with van der Waals surface area (Å²) in [6.45, 7) is -0.114. The van der Waals surface area contributed by atoms with Crippen molar-refractivity contribution in [3.63, 3.8) is 0 Å². The summed E-state index contributed by atoms with van der Waals surface area (Å²) in [5.74, 6) is 0. The SMILES string of the molecule is OCCCc1c(C(F)(F)F)[nH]c2ccccc12. The smallest absolute Gasteiger partial charge is 0.396 e. The number of aryl methyl sites for hydroxylation is 1. The molecule has 1 aromatic heterocycles. The Morgan fingerprint density at radius 3 is 2.53 bits per heavy atom. The molecular formula is C12H12F3NO. The molecule has 0 aliphatic carbocycles. The Morgan fingerprint density at radius 2 is 1.88 bits per heavy atom. The molecule has 0 amide bonds. The molecule has 0 radical (unpaired) electrons. The Morgan fingerprint density at radius 1 is 1.18 bits per heavy atom. The third-order valence-electron chi connectivity index (χ3n) is 2.68. The van der Waals surface area contributed by atoms with Gasteiger partial charge in [0.25, 0.3) is 0 Å². The average Bonchev–Trinajstić information content (AvgIpc) is 2.65. The Balaban J connectivity index is 2.57. The number of rotatable bonds is 3. The second kappa shape index (κ2) is 4.41. The topological polar surface area (TPSA) is 36.0 Å². The van der Waals surface area contributed by atoms with Gasteiger partial charge in [-0.2, -0.15) is 13.2 Å². The summed E-state index contributed by atoms with van der Waals surface area (Å²) in [6.07, 6.45) is -3.84. The zero-order chi connectivity index (χ0) is 12.5. The van der Waals surface area contributed by atoms with Gasteiger partial charge in [-0.1, -0.05) is 18.2 Å². The molecule has 5 heteroatoms. The number of aliphatic hydroxyl groups is 1. The highest BCUT2D eigenvalue weighted by Gasteiger charge is 2.35. The number of alkyl halides is 3. The largest absolute Gasteiger partial charge is 0.431 e. The Bertz CT molecular complexity index is 516. The zero-order valence-corrected chi connectivity index (χ0v) is 9.01. The van der Waals surface area contributed by atoms with Crippen molar-refractivity contribution < 1.29 is 18.3 Å². The standard InChI is InChI=1S/C12H12F3NO/c13-12(14,15)11-9(5-3-7-17)8-4-1-2-6-10(8)16-11/h1-2,4,6,16-17H,3,5,7H2. The Labute approximate surface area is 96.1 Å². The number of fused-ring (bicyclic) bond motifs is 1. The molecule has 0 fully saturated rings. The maximum atomic E-state index is 12.8. The number of hydrogen-bond acceptors (Lipinski definition) is 1. The molecule has 0 aliphatic rings. The van der Waals surface area contributed by atoms with E-state index in [4.69, 9.17) is 5.11 Å². The number of aromatic amines is 1. The summed E-state index contributed by atoms with van der Waals surface area (Å²) in [5.41, 5.74) is 0.0158. The van der Waals surface area contributed by atoms with E-state index in [1.807, 2.05) is 0 Å². The predicted molar refractivity (Wildman–Crippen MR) is 58.7 cm³/mol. The summed E-state index contributed by atoms with van der Waals surface area (Å²) in [4.78, 5) is 2.41. The van der Waals surface area contributed by atoms with Crippen LogP contribution in [-0.2, 0) is 12.6 Å². The molecule has 1 heterocycles. The summed E-state index contributed by atoms with van der Waals surface area (Å²) in [7, 11) is 0. The van der Waals surface area contributed by atoms with Crippen LogP contribution in [0.25, 0.3) is 10.9 Å². The van der Waals surface area contributed by atoms with Gasteiger partial charge in [-0.3, -0.25) is 0 Å². The highest BCUT2D eigenvalue weighted by atomic mass is 19.4.